The zero-order valence-corrected chi connectivity index (χ0v) is 13.9. The third kappa shape index (κ3) is 4.69. The van der Waals surface area contributed by atoms with Crippen LogP contribution in [0.5, 0.6) is 0 Å². The van der Waals surface area contributed by atoms with Crippen molar-refractivity contribution in [1.82, 2.24) is 4.90 Å². The normalized spacial score (nSPS) is 20.1. The van der Waals surface area contributed by atoms with Crippen LogP contribution in [0.1, 0.15) is 26.3 Å². The summed E-state index contributed by atoms with van der Waals surface area (Å²) in [7, 11) is 1.30. The zero-order valence-electron chi connectivity index (χ0n) is 13.9. The van der Waals surface area contributed by atoms with Crippen molar-refractivity contribution < 1.29 is 23.8 Å². The van der Waals surface area contributed by atoms with E-state index in [-0.39, 0.29) is 12.6 Å². The quantitative estimate of drug-likeness (QED) is 0.615. The van der Waals surface area contributed by atoms with E-state index in [4.69, 9.17) is 14.2 Å². The number of nitrogens with zero attached hydrogens (tertiary/aromatic N) is 1. The Labute approximate surface area is 136 Å². The van der Waals surface area contributed by atoms with E-state index >= 15 is 0 Å². The molecule has 0 aromatic heterocycles. The lowest BCUT2D eigenvalue weighted by Crippen LogP contribution is -2.29. The molecule has 1 heterocycles. The second kappa shape index (κ2) is 7.00. The molecule has 0 N–H and O–H groups in total. The molecule has 6 nitrogen and oxygen atoms in total. The van der Waals surface area contributed by atoms with Crippen LogP contribution in [0.3, 0.4) is 0 Å². The molecule has 1 amide bonds. The molecule has 1 aromatic rings. The van der Waals surface area contributed by atoms with Gasteiger partial charge in [0.1, 0.15) is 5.60 Å². The second-order valence-corrected chi connectivity index (χ2v) is 6.42. The minimum Gasteiger partial charge on any atom is -0.467 e. The average molecular weight is 321 g/mol. The highest BCUT2D eigenvalue weighted by molar-refractivity contribution is 5.88. The van der Waals surface area contributed by atoms with E-state index in [2.05, 4.69) is 0 Å². The van der Waals surface area contributed by atoms with Crippen LogP contribution in [-0.4, -0.2) is 48.4 Å². The van der Waals surface area contributed by atoms with Gasteiger partial charge < -0.3 is 14.2 Å². The number of amides is 1. The van der Waals surface area contributed by atoms with Gasteiger partial charge in [0.25, 0.3) is 0 Å². The molecule has 1 aliphatic heterocycles. The Morgan fingerprint density at radius 3 is 2.39 bits per heavy atom. The first kappa shape index (κ1) is 17.3. The summed E-state index contributed by atoms with van der Waals surface area (Å²) in [6.45, 7) is 6.02. The third-order valence-electron chi connectivity index (χ3n) is 3.38. The fourth-order valence-corrected chi connectivity index (χ4v) is 2.28. The highest BCUT2D eigenvalue weighted by Gasteiger charge is 2.58. The standard InChI is InChI=1S/C17H23NO5/c1-17(2,3)23-16(20)18-13(14(18)15(19)21-4)11-22-10-12-8-6-5-7-9-12/h5-9,13-14H,10-11H2,1-4H3/t13-,14+,18?/m1/s1. The van der Waals surface area contributed by atoms with Gasteiger partial charge in [-0.1, -0.05) is 30.3 Å². The van der Waals surface area contributed by atoms with Gasteiger partial charge in [-0.3, -0.25) is 4.90 Å². The van der Waals surface area contributed by atoms with Gasteiger partial charge in [-0.2, -0.15) is 0 Å². The van der Waals surface area contributed by atoms with Crippen molar-refractivity contribution in [3.63, 3.8) is 0 Å². The number of rotatable bonds is 5. The molecule has 1 fully saturated rings. The van der Waals surface area contributed by atoms with E-state index in [9.17, 15) is 9.59 Å². The smallest absolute Gasteiger partial charge is 0.411 e. The molecule has 2 atom stereocenters. The predicted molar refractivity (Wildman–Crippen MR) is 83.8 cm³/mol. The van der Waals surface area contributed by atoms with Crippen LogP contribution in [0.2, 0.25) is 0 Å². The lowest BCUT2D eigenvalue weighted by molar-refractivity contribution is -0.141. The average Bonchev–Trinajstić information content (AvgIpc) is 3.20. The Hall–Kier alpha value is -2.08. The van der Waals surface area contributed by atoms with Gasteiger partial charge in [-0.05, 0) is 26.3 Å². The summed E-state index contributed by atoms with van der Waals surface area (Å²) in [6, 6.07) is 8.72. The minimum atomic E-state index is -0.634. The van der Waals surface area contributed by atoms with Gasteiger partial charge in [0.05, 0.1) is 26.4 Å². The van der Waals surface area contributed by atoms with Crippen molar-refractivity contribution in [3.05, 3.63) is 35.9 Å². The van der Waals surface area contributed by atoms with Crippen molar-refractivity contribution in [2.24, 2.45) is 0 Å². The maximum Gasteiger partial charge on any atom is 0.411 e. The van der Waals surface area contributed by atoms with Gasteiger partial charge in [0, 0.05) is 0 Å². The summed E-state index contributed by atoms with van der Waals surface area (Å²) in [5.41, 5.74) is 0.419. The Balaban J connectivity index is 1.90. The van der Waals surface area contributed by atoms with Gasteiger partial charge in [0.2, 0.25) is 0 Å². The molecule has 126 valence electrons. The first-order valence-corrected chi connectivity index (χ1v) is 7.54. The summed E-state index contributed by atoms with van der Waals surface area (Å²) in [6.07, 6.45) is -0.527. The van der Waals surface area contributed by atoms with E-state index in [1.165, 1.54) is 12.0 Å². The molecule has 6 heteroatoms. The summed E-state index contributed by atoms with van der Waals surface area (Å²) < 4.78 is 15.7. The van der Waals surface area contributed by atoms with Crippen molar-refractivity contribution in [2.45, 2.75) is 45.1 Å². The van der Waals surface area contributed by atoms with Crippen LogP contribution in [-0.2, 0) is 25.6 Å². The summed E-state index contributed by atoms with van der Waals surface area (Å²) >= 11 is 0. The minimum absolute atomic E-state index is 0.258. The fourth-order valence-electron chi connectivity index (χ4n) is 2.28. The SMILES string of the molecule is COC(=O)[C@@H]1[C@@H](COCc2ccccc2)N1C(=O)OC(C)(C)C. The molecular weight excluding hydrogens is 298 g/mol. The van der Waals surface area contributed by atoms with Gasteiger partial charge >= 0.3 is 12.1 Å². The summed E-state index contributed by atoms with van der Waals surface area (Å²) in [5.74, 6) is -0.454. The predicted octanol–water partition coefficient (Wildman–Crippen LogP) is 2.36. The van der Waals surface area contributed by atoms with Gasteiger partial charge in [0.15, 0.2) is 6.04 Å². The molecule has 0 unspecified atom stereocenters. The van der Waals surface area contributed by atoms with E-state index in [1.54, 1.807) is 20.8 Å². The van der Waals surface area contributed by atoms with E-state index in [1.807, 2.05) is 30.3 Å². The molecule has 0 aliphatic carbocycles. The highest BCUT2D eigenvalue weighted by atomic mass is 16.6. The van der Waals surface area contributed by atoms with Crippen LogP contribution >= 0.6 is 0 Å². The Morgan fingerprint density at radius 1 is 1.17 bits per heavy atom. The number of hydrogen-bond acceptors (Lipinski definition) is 5. The van der Waals surface area contributed by atoms with Crippen LogP contribution in [0.25, 0.3) is 0 Å². The van der Waals surface area contributed by atoms with E-state index in [0.717, 1.165) is 5.56 Å². The molecule has 0 spiro atoms. The second-order valence-electron chi connectivity index (χ2n) is 6.42. The molecule has 0 radical (unpaired) electrons. The van der Waals surface area contributed by atoms with Crippen LogP contribution in [0, 0.1) is 0 Å². The van der Waals surface area contributed by atoms with Gasteiger partial charge in [-0.15, -0.1) is 0 Å². The topological polar surface area (TPSA) is 64.8 Å². The number of carbonyl (C=O) groups is 2. The number of methoxy groups -OCH3 is 1. The van der Waals surface area contributed by atoms with Gasteiger partial charge in [-0.25, -0.2) is 9.59 Å². The summed E-state index contributed by atoms with van der Waals surface area (Å²) in [5, 5.41) is 0. The first-order chi connectivity index (χ1) is 10.8. The molecule has 2 rings (SSSR count). The molecule has 0 bridgehead atoms. The lowest BCUT2D eigenvalue weighted by Gasteiger charge is -2.20. The number of esters is 1. The van der Waals surface area contributed by atoms with Crippen LogP contribution < -0.4 is 0 Å². The molecule has 1 saturated heterocycles. The largest absolute Gasteiger partial charge is 0.467 e. The van der Waals surface area contributed by atoms with Crippen molar-refractivity contribution >= 4 is 12.1 Å². The maximum atomic E-state index is 12.1. The maximum absolute atomic E-state index is 12.1. The van der Waals surface area contributed by atoms with Crippen LogP contribution in [0.4, 0.5) is 4.79 Å². The monoisotopic (exact) mass is 321 g/mol. The number of hydrogen-bond donors (Lipinski definition) is 0. The fraction of sp³-hybridized carbons (Fsp3) is 0.529. The number of ether oxygens (including phenoxy) is 3. The van der Waals surface area contributed by atoms with Crippen molar-refractivity contribution in [1.29, 1.82) is 0 Å². The molecule has 1 aliphatic rings. The zero-order chi connectivity index (χ0) is 17.0. The van der Waals surface area contributed by atoms with E-state index in [0.29, 0.717) is 6.61 Å². The lowest BCUT2D eigenvalue weighted by atomic mass is 10.2. The Morgan fingerprint density at radius 2 is 1.83 bits per heavy atom. The third-order valence-corrected chi connectivity index (χ3v) is 3.38. The Bertz CT molecular complexity index is 552. The number of benzene rings is 1. The van der Waals surface area contributed by atoms with E-state index < -0.39 is 23.7 Å². The first-order valence-electron chi connectivity index (χ1n) is 7.54. The van der Waals surface area contributed by atoms with Crippen LogP contribution in [0.15, 0.2) is 30.3 Å². The highest BCUT2D eigenvalue weighted by Crippen LogP contribution is 2.32. The van der Waals surface area contributed by atoms with Crippen molar-refractivity contribution in [3.8, 4) is 0 Å². The van der Waals surface area contributed by atoms with Crippen molar-refractivity contribution in [2.75, 3.05) is 13.7 Å². The molecule has 23 heavy (non-hydrogen) atoms. The molecule has 0 saturated carbocycles. The molecular formula is C17H23NO5. The number of carbonyl (C=O) groups excluding carboxylic acids is 2. The molecule has 1 aromatic carbocycles. The summed E-state index contributed by atoms with van der Waals surface area (Å²) in [4.78, 5) is 25.3. The Kier molecular flexibility index (Phi) is 5.26.